The highest BCUT2D eigenvalue weighted by Gasteiger charge is 2.31. The number of nitrogens with two attached hydrogens (primary N) is 1. The van der Waals surface area contributed by atoms with Crippen LogP contribution in [-0.4, -0.2) is 5.54 Å². The molecule has 2 N–H and O–H groups in total. The fraction of sp³-hybridized carbons (Fsp3) is 0.647. The molecule has 0 radical (unpaired) electrons. The zero-order valence-electron chi connectivity index (χ0n) is 12.0. The average molecular weight is 263 g/mol. The van der Waals surface area contributed by atoms with Crippen LogP contribution in [0.5, 0.6) is 0 Å². The summed E-state index contributed by atoms with van der Waals surface area (Å²) in [6, 6.07) is 6.88. The molecular formula is C17H26FN. The van der Waals surface area contributed by atoms with Crippen LogP contribution in [0.2, 0.25) is 0 Å². The molecule has 2 heteroatoms. The van der Waals surface area contributed by atoms with Crippen LogP contribution in [0.4, 0.5) is 4.39 Å². The molecule has 0 aromatic heterocycles. The Bertz CT molecular complexity index is 394. The fourth-order valence-electron chi connectivity index (χ4n) is 3.26. The van der Waals surface area contributed by atoms with Crippen molar-refractivity contribution in [2.24, 2.45) is 11.7 Å². The van der Waals surface area contributed by atoms with Crippen LogP contribution in [0.15, 0.2) is 24.3 Å². The SMILES string of the molecule is CCCCC1CCC(N)(Cc2cccc(F)c2)CC1. The molecule has 2 rings (SSSR count). The summed E-state index contributed by atoms with van der Waals surface area (Å²) in [5.41, 5.74) is 7.43. The third-order valence-electron chi connectivity index (χ3n) is 4.51. The fourth-order valence-corrected chi connectivity index (χ4v) is 3.26. The third-order valence-corrected chi connectivity index (χ3v) is 4.51. The van der Waals surface area contributed by atoms with E-state index in [1.54, 1.807) is 12.1 Å². The van der Waals surface area contributed by atoms with E-state index in [-0.39, 0.29) is 11.4 Å². The Hall–Kier alpha value is -0.890. The topological polar surface area (TPSA) is 26.0 Å². The molecule has 0 atom stereocenters. The molecule has 1 nitrogen and oxygen atoms in total. The van der Waals surface area contributed by atoms with E-state index >= 15 is 0 Å². The first-order valence-electron chi connectivity index (χ1n) is 7.65. The molecule has 1 aliphatic carbocycles. The Kier molecular flexibility index (Phi) is 4.98. The maximum absolute atomic E-state index is 13.2. The monoisotopic (exact) mass is 263 g/mol. The molecule has 19 heavy (non-hydrogen) atoms. The summed E-state index contributed by atoms with van der Waals surface area (Å²) in [4.78, 5) is 0. The summed E-state index contributed by atoms with van der Waals surface area (Å²) >= 11 is 0. The molecule has 0 amide bonds. The third kappa shape index (κ3) is 4.31. The summed E-state index contributed by atoms with van der Waals surface area (Å²) in [7, 11) is 0. The van der Waals surface area contributed by atoms with Gasteiger partial charge in [-0.3, -0.25) is 0 Å². The number of halogens is 1. The van der Waals surface area contributed by atoms with Gasteiger partial charge in [-0.15, -0.1) is 0 Å². The zero-order chi connectivity index (χ0) is 13.7. The molecule has 0 aliphatic heterocycles. The first kappa shape index (κ1) is 14.5. The van der Waals surface area contributed by atoms with Crippen LogP contribution in [0, 0.1) is 11.7 Å². The van der Waals surface area contributed by atoms with Crippen LogP contribution < -0.4 is 5.73 Å². The maximum Gasteiger partial charge on any atom is 0.123 e. The second-order valence-corrected chi connectivity index (χ2v) is 6.25. The quantitative estimate of drug-likeness (QED) is 0.834. The molecule has 1 saturated carbocycles. The Morgan fingerprint density at radius 1 is 1.32 bits per heavy atom. The Morgan fingerprint density at radius 2 is 2.05 bits per heavy atom. The van der Waals surface area contributed by atoms with Crippen molar-refractivity contribution < 1.29 is 4.39 Å². The molecular weight excluding hydrogens is 237 g/mol. The van der Waals surface area contributed by atoms with E-state index in [1.807, 2.05) is 6.07 Å². The summed E-state index contributed by atoms with van der Waals surface area (Å²) in [6.07, 6.45) is 9.44. The zero-order valence-corrected chi connectivity index (χ0v) is 12.0. The summed E-state index contributed by atoms with van der Waals surface area (Å²) < 4.78 is 13.2. The van der Waals surface area contributed by atoms with Crippen LogP contribution in [0.25, 0.3) is 0 Å². The molecule has 0 unspecified atom stereocenters. The predicted octanol–water partition coefficient (Wildman–Crippen LogP) is 4.45. The van der Waals surface area contributed by atoms with Crippen LogP contribution in [0.3, 0.4) is 0 Å². The van der Waals surface area contributed by atoms with E-state index < -0.39 is 0 Å². The van der Waals surface area contributed by atoms with Crippen molar-refractivity contribution in [3.05, 3.63) is 35.6 Å². The van der Waals surface area contributed by atoms with E-state index in [4.69, 9.17) is 5.73 Å². The maximum atomic E-state index is 13.2. The molecule has 106 valence electrons. The first-order chi connectivity index (χ1) is 9.11. The molecule has 1 aromatic rings. The summed E-state index contributed by atoms with van der Waals surface area (Å²) in [5.74, 6) is 0.710. The van der Waals surface area contributed by atoms with Gasteiger partial charge in [0.2, 0.25) is 0 Å². The highest BCUT2D eigenvalue weighted by molar-refractivity contribution is 5.19. The van der Waals surface area contributed by atoms with Gasteiger partial charge < -0.3 is 5.73 Å². The van der Waals surface area contributed by atoms with Crippen LogP contribution in [-0.2, 0) is 6.42 Å². The summed E-state index contributed by atoms with van der Waals surface area (Å²) in [6.45, 7) is 2.25. The Balaban J connectivity index is 1.87. The lowest BCUT2D eigenvalue weighted by Gasteiger charge is -2.37. The molecule has 0 saturated heterocycles. The number of hydrogen-bond acceptors (Lipinski definition) is 1. The average Bonchev–Trinajstić information content (AvgIpc) is 2.38. The molecule has 0 spiro atoms. The normalized spacial score (nSPS) is 27.4. The molecule has 1 aliphatic rings. The van der Waals surface area contributed by atoms with Crippen LogP contribution in [0.1, 0.15) is 57.4 Å². The number of rotatable bonds is 5. The van der Waals surface area contributed by atoms with E-state index in [0.717, 1.165) is 30.7 Å². The van der Waals surface area contributed by atoms with Gasteiger partial charge in [-0.25, -0.2) is 4.39 Å². The highest BCUT2D eigenvalue weighted by atomic mass is 19.1. The minimum atomic E-state index is -0.155. The largest absolute Gasteiger partial charge is 0.325 e. The molecule has 0 heterocycles. The van der Waals surface area contributed by atoms with E-state index in [0.29, 0.717) is 0 Å². The predicted molar refractivity (Wildman–Crippen MR) is 78.5 cm³/mol. The van der Waals surface area contributed by atoms with E-state index in [2.05, 4.69) is 6.92 Å². The number of unbranched alkanes of at least 4 members (excludes halogenated alkanes) is 1. The van der Waals surface area contributed by atoms with Gasteiger partial charge in [0.15, 0.2) is 0 Å². The van der Waals surface area contributed by atoms with Crippen molar-refractivity contribution in [2.45, 2.75) is 63.8 Å². The van der Waals surface area contributed by atoms with E-state index in [1.165, 1.54) is 38.2 Å². The second kappa shape index (κ2) is 6.51. The van der Waals surface area contributed by atoms with Crippen molar-refractivity contribution in [1.82, 2.24) is 0 Å². The first-order valence-corrected chi connectivity index (χ1v) is 7.65. The van der Waals surface area contributed by atoms with Crippen molar-refractivity contribution in [1.29, 1.82) is 0 Å². The summed E-state index contributed by atoms with van der Waals surface area (Å²) in [5, 5.41) is 0. The second-order valence-electron chi connectivity index (χ2n) is 6.25. The van der Waals surface area contributed by atoms with Crippen molar-refractivity contribution >= 4 is 0 Å². The highest BCUT2D eigenvalue weighted by Crippen LogP contribution is 2.35. The van der Waals surface area contributed by atoms with Gasteiger partial charge in [0, 0.05) is 5.54 Å². The molecule has 0 bridgehead atoms. The molecule has 1 fully saturated rings. The molecule has 1 aromatic carbocycles. The van der Waals surface area contributed by atoms with Gasteiger partial charge in [0.25, 0.3) is 0 Å². The van der Waals surface area contributed by atoms with Gasteiger partial charge in [0.05, 0.1) is 0 Å². The minimum Gasteiger partial charge on any atom is -0.325 e. The van der Waals surface area contributed by atoms with Crippen molar-refractivity contribution in [3.8, 4) is 0 Å². The lowest BCUT2D eigenvalue weighted by molar-refractivity contribution is 0.221. The van der Waals surface area contributed by atoms with Gasteiger partial charge in [-0.05, 0) is 55.7 Å². The minimum absolute atomic E-state index is 0.115. The number of hydrogen-bond donors (Lipinski definition) is 1. The van der Waals surface area contributed by atoms with Gasteiger partial charge in [-0.2, -0.15) is 0 Å². The van der Waals surface area contributed by atoms with Gasteiger partial charge >= 0.3 is 0 Å². The standard InChI is InChI=1S/C17H26FN/c1-2-3-5-14-8-10-17(19,11-9-14)13-15-6-4-7-16(18)12-15/h4,6-7,12,14H,2-3,5,8-11,13,19H2,1H3. The van der Waals surface area contributed by atoms with Crippen molar-refractivity contribution in [2.75, 3.05) is 0 Å². The van der Waals surface area contributed by atoms with E-state index in [9.17, 15) is 4.39 Å². The number of benzene rings is 1. The van der Waals surface area contributed by atoms with Crippen LogP contribution >= 0.6 is 0 Å². The van der Waals surface area contributed by atoms with Crippen molar-refractivity contribution in [3.63, 3.8) is 0 Å². The van der Waals surface area contributed by atoms with Gasteiger partial charge in [-0.1, -0.05) is 38.3 Å². The Morgan fingerprint density at radius 3 is 2.68 bits per heavy atom. The smallest absolute Gasteiger partial charge is 0.123 e. The van der Waals surface area contributed by atoms with Gasteiger partial charge in [0.1, 0.15) is 5.82 Å². The Labute approximate surface area is 116 Å². The lowest BCUT2D eigenvalue weighted by Crippen LogP contribution is -2.45. The lowest BCUT2D eigenvalue weighted by atomic mass is 9.73.